The van der Waals surface area contributed by atoms with E-state index in [0.717, 1.165) is 11.5 Å². The zero-order valence-corrected chi connectivity index (χ0v) is 16.3. The van der Waals surface area contributed by atoms with E-state index in [9.17, 15) is 14.9 Å². The van der Waals surface area contributed by atoms with Crippen LogP contribution in [0.25, 0.3) is 0 Å². The lowest BCUT2D eigenvalue weighted by Gasteiger charge is -2.08. The summed E-state index contributed by atoms with van der Waals surface area (Å²) in [5.74, 6) is 0.564. The third-order valence-electron chi connectivity index (χ3n) is 4.21. The fraction of sp³-hybridized carbons (Fsp3) is 0.278. The summed E-state index contributed by atoms with van der Waals surface area (Å²) in [7, 11) is 1.98. The number of nitrogens with one attached hydrogen (secondary N) is 1. The van der Waals surface area contributed by atoms with Crippen molar-refractivity contribution in [2.75, 3.05) is 11.1 Å². The summed E-state index contributed by atoms with van der Waals surface area (Å²) in [6, 6.07) is 10.1. The number of benzene rings is 1. The van der Waals surface area contributed by atoms with Gasteiger partial charge in [-0.3, -0.25) is 14.9 Å². The maximum absolute atomic E-state index is 12.3. The van der Waals surface area contributed by atoms with Crippen LogP contribution in [0.15, 0.2) is 47.8 Å². The smallest absolute Gasteiger partial charge is 0.292 e. The second-order valence-electron chi connectivity index (χ2n) is 6.04. The van der Waals surface area contributed by atoms with Crippen LogP contribution in [-0.4, -0.2) is 35.9 Å². The minimum Gasteiger partial charge on any atom is -0.354 e. The number of carbonyl (C=O) groups excluding carboxylic acids is 1. The number of amides is 1. The minimum atomic E-state index is -0.522. The second-order valence-corrected chi connectivity index (χ2v) is 6.98. The van der Waals surface area contributed by atoms with Gasteiger partial charge in [0.05, 0.1) is 10.7 Å². The quantitative estimate of drug-likeness (QED) is 0.354. The van der Waals surface area contributed by atoms with Gasteiger partial charge in [-0.1, -0.05) is 23.9 Å². The van der Waals surface area contributed by atoms with Crippen LogP contribution in [0, 0.1) is 10.1 Å². The Morgan fingerprint density at radius 1 is 1.25 bits per heavy atom. The molecule has 0 aliphatic heterocycles. The third-order valence-corrected chi connectivity index (χ3v) is 5.17. The van der Waals surface area contributed by atoms with Crippen molar-refractivity contribution < 1.29 is 9.72 Å². The van der Waals surface area contributed by atoms with Crippen molar-refractivity contribution in [3.63, 3.8) is 0 Å². The largest absolute Gasteiger partial charge is 0.354 e. The molecule has 2 heterocycles. The standard InChI is InChI=1S/C18H20N6O3S/c1-3-23-16(11-13-7-6-10-22(13)2)20-21-18(23)28-12-17(25)19-14-8-4-5-9-15(14)24(26)27/h4-10H,3,11-12H2,1-2H3,(H,19,25). The molecule has 2 aromatic heterocycles. The molecule has 10 heteroatoms. The summed E-state index contributed by atoms with van der Waals surface area (Å²) >= 11 is 1.25. The van der Waals surface area contributed by atoms with Crippen LogP contribution >= 0.6 is 11.8 Å². The molecule has 1 N–H and O–H groups in total. The molecule has 0 fully saturated rings. The number of hydrogen-bond acceptors (Lipinski definition) is 6. The van der Waals surface area contributed by atoms with Gasteiger partial charge in [-0.2, -0.15) is 0 Å². The zero-order valence-electron chi connectivity index (χ0n) is 15.5. The highest BCUT2D eigenvalue weighted by molar-refractivity contribution is 7.99. The Morgan fingerprint density at radius 2 is 2.04 bits per heavy atom. The van der Waals surface area contributed by atoms with Crippen molar-refractivity contribution >= 4 is 29.0 Å². The number of nitro groups is 1. The first-order valence-electron chi connectivity index (χ1n) is 8.68. The molecule has 1 aromatic carbocycles. The number of aryl methyl sites for hydroxylation is 1. The number of rotatable bonds is 8. The number of anilines is 1. The van der Waals surface area contributed by atoms with Crippen molar-refractivity contribution in [1.29, 1.82) is 0 Å². The van der Waals surface area contributed by atoms with Crippen molar-refractivity contribution in [3.8, 4) is 0 Å². The second kappa shape index (κ2) is 8.70. The molecular formula is C18H20N6O3S. The Balaban J connectivity index is 1.65. The summed E-state index contributed by atoms with van der Waals surface area (Å²) in [5, 5.41) is 22.7. The van der Waals surface area contributed by atoms with Gasteiger partial charge in [0.2, 0.25) is 5.91 Å². The van der Waals surface area contributed by atoms with Crippen LogP contribution in [-0.2, 0) is 24.8 Å². The first-order chi connectivity index (χ1) is 13.5. The van der Waals surface area contributed by atoms with Crippen LogP contribution in [0.5, 0.6) is 0 Å². The Bertz CT molecular complexity index is 997. The van der Waals surface area contributed by atoms with Gasteiger partial charge in [0, 0.05) is 38.0 Å². The lowest BCUT2D eigenvalue weighted by atomic mass is 10.2. The molecule has 1 amide bonds. The lowest BCUT2D eigenvalue weighted by Crippen LogP contribution is -2.15. The normalized spacial score (nSPS) is 10.8. The first-order valence-corrected chi connectivity index (χ1v) is 9.66. The van der Waals surface area contributed by atoms with Crippen LogP contribution in [0.3, 0.4) is 0 Å². The topological polar surface area (TPSA) is 108 Å². The molecule has 0 spiro atoms. The molecule has 9 nitrogen and oxygen atoms in total. The third kappa shape index (κ3) is 4.39. The fourth-order valence-electron chi connectivity index (χ4n) is 2.77. The van der Waals surface area contributed by atoms with Gasteiger partial charge in [0.1, 0.15) is 11.5 Å². The molecule has 0 aliphatic rings. The molecular weight excluding hydrogens is 380 g/mol. The monoisotopic (exact) mass is 400 g/mol. The average molecular weight is 400 g/mol. The molecule has 0 unspecified atom stereocenters. The average Bonchev–Trinajstić information content (AvgIpc) is 3.26. The van der Waals surface area contributed by atoms with E-state index < -0.39 is 4.92 Å². The van der Waals surface area contributed by atoms with Crippen molar-refractivity contribution in [3.05, 3.63) is 64.2 Å². The summed E-state index contributed by atoms with van der Waals surface area (Å²) in [4.78, 5) is 22.8. The van der Waals surface area contributed by atoms with Crippen molar-refractivity contribution in [2.24, 2.45) is 7.05 Å². The van der Waals surface area contributed by atoms with Crippen molar-refractivity contribution in [1.82, 2.24) is 19.3 Å². The van der Waals surface area contributed by atoms with E-state index in [1.165, 1.54) is 23.9 Å². The molecule has 0 aliphatic carbocycles. The van der Waals surface area contributed by atoms with E-state index in [1.54, 1.807) is 12.1 Å². The number of nitrogens with zero attached hydrogens (tertiary/aromatic N) is 5. The van der Waals surface area contributed by atoms with Gasteiger partial charge in [-0.25, -0.2) is 0 Å². The zero-order chi connectivity index (χ0) is 20.1. The molecule has 28 heavy (non-hydrogen) atoms. The van der Waals surface area contributed by atoms with Crippen LogP contribution in [0.2, 0.25) is 0 Å². The highest BCUT2D eigenvalue weighted by Crippen LogP contribution is 2.24. The maximum atomic E-state index is 12.3. The van der Waals surface area contributed by atoms with Gasteiger partial charge in [0.15, 0.2) is 5.16 Å². The SMILES string of the molecule is CCn1c(Cc2cccn2C)nnc1SCC(=O)Nc1ccccc1[N+](=O)[O-]. The Morgan fingerprint density at radius 3 is 2.71 bits per heavy atom. The van der Waals surface area contributed by atoms with Crippen LogP contribution in [0.1, 0.15) is 18.4 Å². The van der Waals surface area contributed by atoms with E-state index in [4.69, 9.17) is 0 Å². The van der Waals surface area contributed by atoms with Gasteiger partial charge in [0.25, 0.3) is 5.69 Å². The molecule has 0 radical (unpaired) electrons. The molecule has 3 aromatic rings. The summed E-state index contributed by atoms with van der Waals surface area (Å²) in [6.07, 6.45) is 2.62. The fourth-order valence-corrected chi connectivity index (χ4v) is 3.59. The Kier molecular flexibility index (Phi) is 6.09. The number of carbonyl (C=O) groups is 1. The first kappa shape index (κ1) is 19.6. The van der Waals surface area contributed by atoms with Crippen LogP contribution < -0.4 is 5.32 Å². The predicted octanol–water partition coefficient (Wildman–Crippen LogP) is 2.87. The van der Waals surface area contributed by atoms with Gasteiger partial charge in [-0.05, 0) is 25.1 Å². The van der Waals surface area contributed by atoms with E-state index >= 15 is 0 Å². The molecule has 0 saturated carbocycles. The lowest BCUT2D eigenvalue weighted by molar-refractivity contribution is -0.383. The molecule has 3 rings (SSSR count). The van der Waals surface area contributed by atoms with E-state index in [-0.39, 0.29) is 23.0 Å². The molecule has 0 bridgehead atoms. The highest BCUT2D eigenvalue weighted by atomic mass is 32.2. The summed E-state index contributed by atoms with van der Waals surface area (Å²) in [6.45, 7) is 2.68. The Hall–Kier alpha value is -3.14. The predicted molar refractivity (Wildman–Crippen MR) is 106 cm³/mol. The summed E-state index contributed by atoms with van der Waals surface area (Å²) in [5.41, 5.74) is 1.16. The van der Waals surface area contributed by atoms with Crippen LogP contribution in [0.4, 0.5) is 11.4 Å². The number of para-hydroxylation sites is 2. The minimum absolute atomic E-state index is 0.0777. The molecule has 0 saturated heterocycles. The maximum Gasteiger partial charge on any atom is 0.292 e. The molecule has 146 valence electrons. The van der Waals surface area contributed by atoms with E-state index in [2.05, 4.69) is 15.5 Å². The van der Waals surface area contributed by atoms with E-state index in [1.807, 2.05) is 41.4 Å². The van der Waals surface area contributed by atoms with Gasteiger partial charge >= 0.3 is 0 Å². The number of aromatic nitrogens is 4. The van der Waals surface area contributed by atoms with Crippen molar-refractivity contribution in [2.45, 2.75) is 25.0 Å². The summed E-state index contributed by atoms with van der Waals surface area (Å²) < 4.78 is 4.00. The number of hydrogen-bond donors (Lipinski definition) is 1. The Labute approximate surface area is 165 Å². The van der Waals surface area contributed by atoms with Gasteiger partial charge in [-0.15, -0.1) is 10.2 Å². The van der Waals surface area contributed by atoms with E-state index in [0.29, 0.717) is 18.1 Å². The molecule has 0 atom stereocenters. The highest BCUT2D eigenvalue weighted by Gasteiger charge is 2.17. The van der Waals surface area contributed by atoms with Gasteiger partial charge < -0.3 is 14.5 Å². The number of thioether (sulfide) groups is 1. The number of nitro benzene ring substituents is 1.